The molecule has 0 aromatic carbocycles. The predicted octanol–water partition coefficient (Wildman–Crippen LogP) is 2.56. The summed E-state index contributed by atoms with van der Waals surface area (Å²) in [5.74, 6) is 5.80. The Balaban J connectivity index is 2.86. The van der Waals surface area contributed by atoms with Gasteiger partial charge in [0.15, 0.2) is 0 Å². The highest BCUT2D eigenvalue weighted by Crippen LogP contribution is 2.25. The summed E-state index contributed by atoms with van der Waals surface area (Å²) in [5.41, 5.74) is 5.39. The lowest BCUT2D eigenvalue weighted by Crippen LogP contribution is -2.42. The Morgan fingerprint density at radius 1 is 1.47 bits per heavy atom. The van der Waals surface area contributed by atoms with E-state index in [9.17, 15) is 4.79 Å². The Labute approximate surface area is 119 Å². The van der Waals surface area contributed by atoms with Crippen molar-refractivity contribution in [2.75, 3.05) is 13.6 Å². The van der Waals surface area contributed by atoms with Crippen LogP contribution in [0.15, 0.2) is 12.1 Å². The van der Waals surface area contributed by atoms with E-state index in [4.69, 9.17) is 5.73 Å². The summed E-state index contributed by atoms with van der Waals surface area (Å²) in [6.45, 7) is 8.80. The quantitative estimate of drug-likeness (QED) is 0.845. The zero-order chi connectivity index (χ0) is 14.6. The largest absolute Gasteiger partial charge is 0.338 e. The third-order valence-corrected chi connectivity index (χ3v) is 4.27. The van der Waals surface area contributed by atoms with Crippen LogP contribution in [0.3, 0.4) is 0 Å². The first kappa shape index (κ1) is 15.7. The number of rotatable bonds is 2. The van der Waals surface area contributed by atoms with Gasteiger partial charge in [0, 0.05) is 13.1 Å². The smallest absolute Gasteiger partial charge is 0.263 e. The number of carbonyl (C=O) groups excluding carboxylic acids is 1. The summed E-state index contributed by atoms with van der Waals surface area (Å²) in [5, 5.41) is 0. The van der Waals surface area contributed by atoms with E-state index in [0.717, 1.165) is 9.75 Å². The number of carbonyl (C=O) groups is 1. The number of hydrogen-bond donors (Lipinski definition) is 1. The minimum absolute atomic E-state index is 0.0493. The van der Waals surface area contributed by atoms with Crippen molar-refractivity contribution in [1.29, 1.82) is 0 Å². The molecule has 1 heterocycles. The molecule has 0 bridgehead atoms. The second-order valence-electron chi connectivity index (χ2n) is 5.63. The summed E-state index contributed by atoms with van der Waals surface area (Å²) in [4.78, 5) is 15.8. The zero-order valence-electron chi connectivity index (χ0n) is 12.3. The number of hydrogen-bond acceptors (Lipinski definition) is 3. The van der Waals surface area contributed by atoms with Crippen molar-refractivity contribution in [3.63, 3.8) is 0 Å². The first-order valence-electron chi connectivity index (χ1n) is 6.33. The third-order valence-electron chi connectivity index (χ3n) is 3.29. The van der Waals surface area contributed by atoms with Crippen molar-refractivity contribution in [2.24, 2.45) is 11.1 Å². The van der Waals surface area contributed by atoms with E-state index >= 15 is 0 Å². The van der Waals surface area contributed by atoms with Crippen LogP contribution in [-0.4, -0.2) is 30.4 Å². The maximum atomic E-state index is 12.4. The van der Waals surface area contributed by atoms with Crippen LogP contribution in [0, 0.1) is 17.3 Å². The fourth-order valence-corrected chi connectivity index (χ4v) is 2.45. The van der Waals surface area contributed by atoms with E-state index < -0.39 is 0 Å². The van der Waals surface area contributed by atoms with Gasteiger partial charge in [0.05, 0.1) is 16.3 Å². The summed E-state index contributed by atoms with van der Waals surface area (Å²) in [6.07, 6.45) is 0. The zero-order valence-corrected chi connectivity index (χ0v) is 13.1. The number of nitrogens with two attached hydrogens (primary N) is 1. The van der Waals surface area contributed by atoms with Gasteiger partial charge in [0.1, 0.15) is 0 Å². The Bertz CT molecular complexity index is 502. The van der Waals surface area contributed by atoms with Crippen molar-refractivity contribution >= 4 is 17.2 Å². The van der Waals surface area contributed by atoms with Crippen molar-refractivity contribution in [3.05, 3.63) is 21.9 Å². The van der Waals surface area contributed by atoms with E-state index in [0.29, 0.717) is 6.54 Å². The first-order valence-corrected chi connectivity index (χ1v) is 7.15. The number of amides is 1. The van der Waals surface area contributed by atoms with Gasteiger partial charge in [0.25, 0.3) is 5.91 Å². The van der Waals surface area contributed by atoms with Crippen LogP contribution >= 0.6 is 11.3 Å². The lowest BCUT2D eigenvalue weighted by atomic mass is 9.87. The SMILES string of the molecule is CC(N(C)C(=O)c1ccc(C#CCN)s1)C(C)(C)C. The maximum Gasteiger partial charge on any atom is 0.263 e. The topological polar surface area (TPSA) is 46.3 Å². The van der Waals surface area contributed by atoms with Gasteiger partial charge in [-0.25, -0.2) is 0 Å². The van der Waals surface area contributed by atoms with Gasteiger partial charge in [-0.1, -0.05) is 32.6 Å². The monoisotopic (exact) mass is 278 g/mol. The molecule has 2 N–H and O–H groups in total. The molecular formula is C15H22N2OS. The molecule has 0 saturated heterocycles. The Kier molecular flexibility index (Phi) is 5.16. The van der Waals surface area contributed by atoms with E-state index in [2.05, 4.69) is 39.5 Å². The van der Waals surface area contributed by atoms with Crippen LogP contribution in [-0.2, 0) is 0 Å². The van der Waals surface area contributed by atoms with Gasteiger partial charge >= 0.3 is 0 Å². The Morgan fingerprint density at radius 2 is 2.11 bits per heavy atom. The predicted molar refractivity (Wildman–Crippen MR) is 81.3 cm³/mol. The average molecular weight is 278 g/mol. The summed E-state index contributed by atoms with van der Waals surface area (Å²) in [6, 6.07) is 3.87. The first-order chi connectivity index (χ1) is 8.77. The maximum absolute atomic E-state index is 12.4. The minimum Gasteiger partial charge on any atom is -0.338 e. The molecule has 1 amide bonds. The average Bonchev–Trinajstić information content (AvgIpc) is 2.81. The van der Waals surface area contributed by atoms with Gasteiger partial charge in [-0.3, -0.25) is 4.79 Å². The number of nitrogens with zero attached hydrogens (tertiary/aromatic N) is 1. The third kappa shape index (κ3) is 4.09. The molecular weight excluding hydrogens is 256 g/mol. The normalized spacial score (nSPS) is 12.5. The molecule has 0 fully saturated rings. The van der Waals surface area contributed by atoms with Gasteiger partial charge < -0.3 is 10.6 Å². The van der Waals surface area contributed by atoms with Crippen LogP contribution < -0.4 is 5.73 Å². The molecule has 0 aliphatic carbocycles. The lowest BCUT2D eigenvalue weighted by molar-refractivity contribution is 0.0634. The molecule has 4 heteroatoms. The number of thiophene rings is 1. The molecule has 19 heavy (non-hydrogen) atoms. The molecule has 0 spiro atoms. The molecule has 1 rings (SSSR count). The molecule has 104 valence electrons. The van der Waals surface area contributed by atoms with E-state index in [1.165, 1.54) is 11.3 Å². The summed E-state index contributed by atoms with van der Waals surface area (Å²) < 4.78 is 0. The molecule has 1 atom stereocenters. The van der Waals surface area contributed by atoms with Crippen LogP contribution in [0.2, 0.25) is 0 Å². The highest BCUT2D eigenvalue weighted by atomic mass is 32.1. The molecule has 0 saturated carbocycles. The molecule has 3 nitrogen and oxygen atoms in total. The summed E-state index contributed by atoms with van der Waals surface area (Å²) in [7, 11) is 1.85. The molecule has 1 aromatic rings. The van der Waals surface area contributed by atoms with Gasteiger partial charge in [-0.2, -0.15) is 0 Å². The molecule has 1 unspecified atom stereocenters. The Hall–Kier alpha value is -1.31. The van der Waals surface area contributed by atoms with Crippen molar-refractivity contribution in [3.8, 4) is 11.8 Å². The lowest BCUT2D eigenvalue weighted by Gasteiger charge is -2.35. The highest BCUT2D eigenvalue weighted by Gasteiger charge is 2.28. The van der Waals surface area contributed by atoms with Crippen molar-refractivity contribution in [2.45, 2.75) is 33.7 Å². The molecule has 0 aliphatic heterocycles. The second kappa shape index (κ2) is 6.23. The van der Waals surface area contributed by atoms with Gasteiger partial charge in [-0.15, -0.1) is 11.3 Å². The van der Waals surface area contributed by atoms with Crippen LogP contribution in [0.5, 0.6) is 0 Å². The van der Waals surface area contributed by atoms with E-state index in [-0.39, 0.29) is 17.4 Å². The standard InChI is InChI=1S/C15H22N2OS/c1-11(15(2,3)4)17(5)14(18)13-9-8-12(19-13)7-6-10-16/h8-9,11H,10,16H2,1-5H3. The minimum atomic E-state index is 0.0493. The second-order valence-corrected chi connectivity index (χ2v) is 6.71. The summed E-state index contributed by atoms with van der Waals surface area (Å²) >= 11 is 1.42. The van der Waals surface area contributed by atoms with Gasteiger partial charge in [0.2, 0.25) is 0 Å². The van der Waals surface area contributed by atoms with Crippen LogP contribution in [0.25, 0.3) is 0 Å². The van der Waals surface area contributed by atoms with E-state index in [1.807, 2.05) is 19.2 Å². The molecule has 1 aromatic heterocycles. The van der Waals surface area contributed by atoms with E-state index in [1.54, 1.807) is 4.90 Å². The van der Waals surface area contributed by atoms with Crippen molar-refractivity contribution < 1.29 is 4.79 Å². The fourth-order valence-electron chi connectivity index (χ4n) is 1.59. The van der Waals surface area contributed by atoms with Crippen LogP contribution in [0.4, 0.5) is 0 Å². The fraction of sp³-hybridized carbons (Fsp3) is 0.533. The van der Waals surface area contributed by atoms with Crippen molar-refractivity contribution in [1.82, 2.24) is 4.90 Å². The highest BCUT2D eigenvalue weighted by molar-refractivity contribution is 7.14. The molecule has 0 aliphatic rings. The Morgan fingerprint density at radius 3 is 2.63 bits per heavy atom. The molecule has 0 radical (unpaired) electrons. The van der Waals surface area contributed by atoms with Crippen LogP contribution in [0.1, 0.15) is 42.2 Å². The van der Waals surface area contributed by atoms with Gasteiger partial charge in [-0.05, 0) is 24.5 Å².